The van der Waals surface area contributed by atoms with E-state index < -0.39 is 86.2 Å². The minimum Gasteiger partial charge on any atom is -0.454 e. The number of aliphatic hydroxyl groups is 5. The van der Waals surface area contributed by atoms with Gasteiger partial charge in [-0.05, 0) is 216 Å². The van der Waals surface area contributed by atoms with Gasteiger partial charge in [-0.3, -0.25) is 0 Å². The van der Waals surface area contributed by atoms with Crippen molar-refractivity contribution in [2.75, 3.05) is 18.6 Å². The van der Waals surface area contributed by atoms with E-state index in [1.54, 1.807) is 6.08 Å². The van der Waals surface area contributed by atoms with Gasteiger partial charge in [0.15, 0.2) is 0 Å². The van der Waals surface area contributed by atoms with Crippen molar-refractivity contribution in [1.82, 2.24) is 5.32 Å². The van der Waals surface area contributed by atoms with Gasteiger partial charge in [-0.15, -0.1) is 5.92 Å². The molecule has 13 aliphatic carbocycles. The minimum atomic E-state index is -2.33. The van der Waals surface area contributed by atoms with E-state index in [1.165, 1.54) is 18.4 Å². The van der Waals surface area contributed by atoms with Crippen molar-refractivity contribution in [1.29, 1.82) is 0 Å². The van der Waals surface area contributed by atoms with Crippen LogP contribution < -0.4 is 5.32 Å². The molecular weight excluding hydrogens is 1110 g/mol. The van der Waals surface area contributed by atoms with Crippen LogP contribution in [-0.2, 0) is 32.1 Å². The molecule has 0 aromatic heterocycles. The van der Waals surface area contributed by atoms with Crippen molar-refractivity contribution in [2.45, 2.75) is 202 Å². The maximum atomic E-state index is 16.3. The smallest absolute Gasteiger partial charge is 0.331 e. The van der Waals surface area contributed by atoms with E-state index in [2.05, 4.69) is 72.3 Å². The number of hydrogen-bond acceptors (Lipinski definition) is 12. The molecule has 27 atom stereocenters. The van der Waals surface area contributed by atoms with Crippen molar-refractivity contribution >= 4 is 33.8 Å². The van der Waals surface area contributed by atoms with Crippen LogP contribution in [0.2, 0.25) is 0 Å². The number of aliphatic hydroxyl groups excluding tert-OH is 2. The fourth-order valence-electron chi connectivity index (χ4n) is 26.4. The molecule has 3 aliphatic heterocycles. The Morgan fingerprint density at radius 2 is 1.62 bits per heavy atom. The highest BCUT2D eigenvalue weighted by Gasteiger charge is 2.90. The highest BCUT2D eigenvalue weighted by atomic mass is 33.1. The van der Waals surface area contributed by atoms with E-state index in [1.807, 2.05) is 40.8 Å². The number of ether oxygens (including phenoxy) is 2. The molecule has 10 saturated carbocycles. The molecular formula is C74H91NO9S2. The summed E-state index contributed by atoms with van der Waals surface area (Å²) in [7, 11) is 5.99. The molecule has 3 spiro atoms. The summed E-state index contributed by atoms with van der Waals surface area (Å²) < 4.78 is 14.6. The number of fused-ring (bicyclic) bond motifs is 7. The van der Waals surface area contributed by atoms with Gasteiger partial charge in [0.1, 0.15) is 23.6 Å². The van der Waals surface area contributed by atoms with Gasteiger partial charge < -0.3 is 45.1 Å². The lowest BCUT2D eigenvalue weighted by atomic mass is 9.30. The van der Waals surface area contributed by atoms with Gasteiger partial charge >= 0.3 is 5.97 Å². The zero-order valence-corrected chi connectivity index (χ0v) is 52.2. The molecule has 27 unspecified atom stereocenters. The van der Waals surface area contributed by atoms with Gasteiger partial charge in [0.25, 0.3) is 0 Å². The highest BCUT2D eigenvalue weighted by Crippen LogP contribution is 2.83. The predicted molar refractivity (Wildman–Crippen MR) is 331 cm³/mol. The molecule has 12 heteroatoms. The molecule has 2 saturated heterocycles. The Labute approximate surface area is 517 Å². The second-order valence-corrected chi connectivity index (χ2v) is 34.4. The van der Waals surface area contributed by atoms with Crippen LogP contribution in [0, 0.1) is 134 Å². The van der Waals surface area contributed by atoms with Crippen LogP contribution in [0.3, 0.4) is 0 Å². The average molecular weight is 1200 g/mol. The number of hydrogen-bond donors (Lipinski definition) is 6. The van der Waals surface area contributed by atoms with E-state index in [0.29, 0.717) is 75.0 Å². The zero-order chi connectivity index (χ0) is 58.5. The second-order valence-electron chi connectivity index (χ2n) is 31.9. The van der Waals surface area contributed by atoms with Crippen LogP contribution in [0.5, 0.6) is 0 Å². The average Bonchev–Trinajstić information content (AvgIpc) is 1.20. The SMILES string of the molecule is CNC1Cc2c(cccc2CO)C#CC2(CCCC2)CC23CC4C#CCC5C(c6ccccc6)CCC6C5CC5CC7CSSCC8CCC(C8)C(C)C8CCC9C(O7)C56CC5(C=O)C4C(O)(C(O)C(C8)C95O)C2(O)CC2CC1C1OC(=O)C=C1C23. The first kappa shape index (κ1) is 56.8. The summed E-state index contributed by atoms with van der Waals surface area (Å²) in [6.07, 6.45) is 16.2. The topological polar surface area (TPSA) is 166 Å². The van der Waals surface area contributed by atoms with Gasteiger partial charge in [0.05, 0.1) is 35.9 Å². The summed E-state index contributed by atoms with van der Waals surface area (Å²) in [5, 5.41) is 76.4. The molecule has 0 radical (unpaired) electrons. The molecule has 15 bridgehead atoms. The summed E-state index contributed by atoms with van der Waals surface area (Å²) in [4.78, 5) is 30.6. The summed E-state index contributed by atoms with van der Waals surface area (Å²) in [6.45, 7) is 2.31. The number of likely N-dealkylation sites (N-methyl/N-ethyl adjacent to an activating group) is 1. The summed E-state index contributed by atoms with van der Waals surface area (Å²) in [6, 6.07) is 17.0. The first-order chi connectivity index (χ1) is 41.7. The number of rotatable bonds is 4. The third kappa shape index (κ3) is 7.41. The molecule has 3 heterocycles. The van der Waals surface area contributed by atoms with Crippen molar-refractivity contribution in [2.24, 2.45) is 110 Å². The van der Waals surface area contributed by atoms with Gasteiger partial charge in [-0.1, -0.05) is 102 Å². The molecule has 10 nitrogen and oxygen atoms in total. The third-order valence-electron chi connectivity index (χ3n) is 29.4. The Morgan fingerprint density at radius 3 is 2.43 bits per heavy atom. The Morgan fingerprint density at radius 1 is 0.814 bits per heavy atom. The molecule has 18 rings (SSSR count). The van der Waals surface area contributed by atoms with Crippen LogP contribution in [0.4, 0.5) is 0 Å². The molecule has 86 heavy (non-hydrogen) atoms. The van der Waals surface area contributed by atoms with Crippen LogP contribution in [-0.4, -0.2) is 104 Å². The lowest BCUT2D eigenvalue weighted by Gasteiger charge is -2.77. The number of esters is 1. The molecule has 2 aromatic rings. The lowest BCUT2D eigenvalue weighted by Crippen LogP contribution is -2.88. The van der Waals surface area contributed by atoms with E-state index in [-0.39, 0.29) is 72.7 Å². The number of carbonyl (C=O) groups is 2. The lowest BCUT2D eigenvalue weighted by molar-refractivity contribution is -0.400. The summed E-state index contributed by atoms with van der Waals surface area (Å²) in [5.74, 6) is 16.0. The van der Waals surface area contributed by atoms with Crippen molar-refractivity contribution in [3.05, 3.63) is 82.4 Å². The third-order valence-corrected chi connectivity index (χ3v) is 32.0. The summed E-state index contributed by atoms with van der Waals surface area (Å²) >= 11 is 0. The number of carbonyl (C=O) groups excluding carboxylic acids is 2. The number of benzene rings is 2. The Kier molecular flexibility index (Phi) is 13.3. The summed E-state index contributed by atoms with van der Waals surface area (Å²) in [5.41, 5.74) is -5.16. The fraction of sp³-hybridized carbons (Fsp3) is 0.730. The standard InChI is InChI=1S/C74H91NO9S2/c1-41-45-17-16-42(26-45)36-85-86-37-51-29-50-30-55-53-15-9-13-47-33-69-38-68(23-6-7-24-68)25-22-44-12-8-14-48(35-76)54(44)31-61(75-2)56-27-49(63(69)57-32-62(78)84-64(56)57)34-72(69,80)74(82)65(47)70(40-77)39-71(50,58(55)21-19-52(53)43-10-4-3-5-11-43)67(83-51)59-20-18-46(41)28-60(66(74)79)73(59,70)81/h3-5,8,10-12,14,32,40-42,45-47,49-53,55-56,58-61,63-67,75-76,79-82H,6-7,15-21,23-24,26-31,33-39H2,1-2H3. The molecule has 16 aliphatic rings. The highest BCUT2D eigenvalue weighted by molar-refractivity contribution is 8.76. The minimum absolute atomic E-state index is 0.0134. The molecule has 6 N–H and O–H groups in total. The number of aldehydes is 1. The maximum Gasteiger partial charge on any atom is 0.331 e. The van der Waals surface area contributed by atoms with E-state index in [4.69, 9.17) is 9.47 Å². The predicted octanol–water partition coefficient (Wildman–Crippen LogP) is 10.4. The Balaban J connectivity index is 0.934. The second kappa shape index (κ2) is 20.2. The van der Waals surface area contributed by atoms with Gasteiger partial charge in [0.2, 0.25) is 0 Å². The van der Waals surface area contributed by atoms with Crippen LogP contribution >= 0.6 is 21.6 Å². The van der Waals surface area contributed by atoms with E-state index in [0.717, 1.165) is 104 Å². The van der Waals surface area contributed by atoms with E-state index >= 15 is 20.1 Å². The van der Waals surface area contributed by atoms with Gasteiger partial charge in [-0.2, -0.15) is 0 Å². The first-order valence-corrected chi connectivity index (χ1v) is 36.8. The zero-order valence-electron chi connectivity index (χ0n) is 50.6. The fourth-order valence-corrected chi connectivity index (χ4v) is 29.1. The van der Waals surface area contributed by atoms with Crippen LogP contribution in [0.1, 0.15) is 164 Å². The molecule has 0 amide bonds. The number of nitrogens with one attached hydrogen (secondary N) is 1. The van der Waals surface area contributed by atoms with Gasteiger partial charge in [0, 0.05) is 81.4 Å². The Bertz CT molecular complexity index is 3250. The first-order valence-electron chi connectivity index (χ1n) is 34.3. The molecule has 12 fully saturated rings. The van der Waals surface area contributed by atoms with E-state index in [9.17, 15) is 15.0 Å². The van der Waals surface area contributed by atoms with Crippen molar-refractivity contribution in [3.8, 4) is 23.7 Å². The van der Waals surface area contributed by atoms with Crippen molar-refractivity contribution in [3.63, 3.8) is 0 Å². The monoisotopic (exact) mass is 1200 g/mol. The Hall–Kier alpha value is -3.14. The molecule has 458 valence electrons. The quantitative estimate of drug-likeness (QED) is 0.0744. The van der Waals surface area contributed by atoms with Crippen LogP contribution in [0.25, 0.3) is 0 Å². The van der Waals surface area contributed by atoms with Crippen LogP contribution in [0.15, 0.2) is 60.2 Å². The normalized spacial score (nSPS) is 52.0. The maximum absolute atomic E-state index is 16.3. The molecule has 2 aromatic carbocycles. The van der Waals surface area contributed by atoms with Crippen molar-refractivity contribution < 1.29 is 44.6 Å². The largest absolute Gasteiger partial charge is 0.454 e. The van der Waals surface area contributed by atoms with Gasteiger partial charge in [-0.25, -0.2) is 4.79 Å².